The van der Waals surface area contributed by atoms with Gasteiger partial charge in [0.05, 0.1) is 0 Å². The fourth-order valence-corrected chi connectivity index (χ4v) is 2.89. The topological polar surface area (TPSA) is 12.0 Å². The normalized spacial score (nSPS) is 18.1. The van der Waals surface area contributed by atoms with E-state index in [0.29, 0.717) is 17.0 Å². The van der Waals surface area contributed by atoms with Gasteiger partial charge in [-0.2, -0.15) is 0 Å². The Balaban J connectivity index is 1.90. The van der Waals surface area contributed by atoms with Crippen molar-refractivity contribution in [1.82, 2.24) is 5.32 Å². The molecule has 0 spiro atoms. The van der Waals surface area contributed by atoms with E-state index in [1.54, 1.807) is 12.1 Å². The van der Waals surface area contributed by atoms with Crippen molar-refractivity contribution >= 4 is 11.6 Å². The zero-order valence-electron chi connectivity index (χ0n) is 10.5. The lowest BCUT2D eigenvalue weighted by atomic mass is 9.90. The zero-order valence-corrected chi connectivity index (χ0v) is 11.3. The minimum atomic E-state index is -0.186. The molecule has 19 heavy (non-hydrogen) atoms. The highest BCUT2D eigenvalue weighted by Gasteiger charge is 2.20. The van der Waals surface area contributed by atoms with Crippen LogP contribution >= 0.6 is 11.6 Å². The molecule has 1 aliphatic rings. The second-order valence-corrected chi connectivity index (χ2v) is 5.33. The van der Waals surface area contributed by atoms with E-state index in [1.807, 2.05) is 6.07 Å². The van der Waals surface area contributed by atoms with Crippen LogP contribution in [0, 0.1) is 5.82 Å². The van der Waals surface area contributed by atoms with Gasteiger partial charge in [0.25, 0.3) is 0 Å². The van der Waals surface area contributed by atoms with Gasteiger partial charge in [-0.15, -0.1) is 0 Å². The van der Waals surface area contributed by atoms with Gasteiger partial charge < -0.3 is 5.32 Å². The van der Waals surface area contributed by atoms with Gasteiger partial charge in [0.1, 0.15) is 5.82 Å². The van der Waals surface area contributed by atoms with Crippen LogP contribution in [-0.4, -0.2) is 6.54 Å². The fraction of sp³-hybridized carbons (Fsp3) is 0.250. The monoisotopic (exact) mass is 275 g/mol. The Labute approximate surface area is 117 Å². The number of rotatable bonds is 2. The maximum absolute atomic E-state index is 13.8. The SMILES string of the molecule is Fc1ccc(Cl)cc1CC1NCCc2ccccc21. The number of benzene rings is 2. The summed E-state index contributed by atoms with van der Waals surface area (Å²) in [6.07, 6.45) is 1.66. The summed E-state index contributed by atoms with van der Waals surface area (Å²) in [7, 11) is 0. The van der Waals surface area contributed by atoms with Crippen LogP contribution in [0.4, 0.5) is 4.39 Å². The molecule has 0 amide bonds. The Morgan fingerprint density at radius 2 is 2.05 bits per heavy atom. The van der Waals surface area contributed by atoms with E-state index >= 15 is 0 Å². The Morgan fingerprint density at radius 1 is 1.21 bits per heavy atom. The molecule has 3 heteroatoms. The van der Waals surface area contributed by atoms with Crippen LogP contribution in [-0.2, 0) is 12.8 Å². The van der Waals surface area contributed by atoms with Gasteiger partial charge in [-0.3, -0.25) is 0 Å². The summed E-state index contributed by atoms with van der Waals surface area (Å²) in [4.78, 5) is 0. The molecule has 0 aromatic heterocycles. The van der Waals surface area contributed by atoms with Crippen molar-refractivity contribution < 1.29 is 4.39 Å². The third-order valence-electron chi connectivity index (χ3n) is 3.65. The van der Waals surface area contributed by atoms with Crippen molar-refractivity contribution in [2.24, 2.45) is 0 Å². The molecule has 2 aromatic carbocycles. The average Bonchev–Trinajstić information content (AvgIpc) is 2.43. The van der Waals surface area contributed by atoms with E-state index < -0.39 is 0 Å². The predicted molar refractivity (Wildman–Crippen MR) is 76.0 cm³/mol. The first kappa shape index (κ1) is 12.6. The molecule has 0 saturated carbocycles. The largest absolute Gasteiger partial charge is 0.309 e. The van der Waals surface area contributed by atoms with Gasteiger partial charge in [0.2, 0.25) is 0 Å². The van der Waals surface area contributed by atoms with Gasteiger partial charge in [-0.05, 0) is 54.3 Å². The van der Waals surface area contributed by atoms with E-state index in [9.17, 15) is 4.39 Å². The van der Waals surface area contributed by atoms with Crippen LogP contribution in [0.5, 0.6) is 0 Å². The number of halogens is 2. The summed E-state index contributed by atoms with van der Waals surface area (Å²) < 4.78 is 13.8. The Bertz CT molecular complexity index is 597. The first-order chi connectivity index (χ1) is 9.24. The molecule has 0 saturated heterocycles. The summed E-state index contributed by atoms with van der Waals surface area (Å²) in [5.41, 5.74) is 3.29. The van der Waals surface area contributed by atoms with Crippen LogP contribution in [0.25, 0.3) is 0 Å². The Hall–Kier alpha value is -1.38. The lowest BCUT2D eigenvalue weighted by Crippen LogP contribution is -2.31. The number of nitrogens with one attached hydrogen (secondary N) is 1. The van der Waals surface area contributed by atoms with Crippen molar-refractivity contribution in [3.63, 3.8) is 0 Å². The van der Waals surface area contributed by atoms with E-state index in [1.165, 1.54) is 17.2 Å². The molecule has 1 atom stereocenters. The molecule has 3 rings (SSSR count). The second kappa shape index (κ2) is 5.32. The maximum Gasteiger partial charge on any atom is 0.126 e. The predicted octanol–water partition coefficient (Wildman–Crippen LogP) is 3.91. The number of hydrogen-bond acceptors (Lipinski definition) is 1. The van der Waals surface area contributed by atoms with E-state index in [0.717, 1.165) is 13.0 Å². The highest BCUT2D eigenvalue weighted by Crippen LogP contribution is 2.27. The summed E-state index contributed by atoms with van der Waals surface area (Å²) in [6, 6.07) is 13.3. The molecule has 0 aliphatic carbocycles. The van der Waals surface area contributed by atoms with Crippen LogP contribution in [0.3, 0.4) is 0 Å². The van der Waals surface area contributed by atoms with Gasteiger partial charge in [-0.25, -0.2) is 4.39 Å². The highest BCUT2D eigenvalue weighted by molar-refractivity contribution is 6.30. The molecule has 1 aliphatic heterocycles. The van der Waals surface area contributed by atoms with Crippen LogP contribution < -0.4 is 5.32 Å². The van der Waals surface area contributed by atoms with Gasteiger partial charge in [0.15, 0.2) is 0 Å². The van der Waals surface area contributed by atoms with Crippen LogP contribution in [0.2, 0.25) is 5.02 Å². The lowest BCUT2D eigenvalue weighted by molar-refractivity contribution is 0.490. The molecular weight excluding hydrogens is 261 g/mol. The number of hydrogen-bond donors (Lipinski definition) is 1. The number of fused-ring (bicyclic) bond motifs is 1. The molecular formula is C16H15ClFN. The first-order valence-corrected chi connectivity index (χ1v) is 6.87. The fourth-order valence-electron chi connectivity index (χ4n) is 2.69. The third kappa shape index (κ3) is 2.65. The molecule has 1 heterocycles. The lowest BCUT2D eigenvalue weighted by Gasteiger charge is -2.27. The van der Waals surface area contributed by atoms with Crippen molar-refractivity contribution in [2.45, 2.75) is 18.9 Å². The van der Waals surface area contributed by atoms with Crippen molar-refractivity contribution in [3.8, 4) is 0 Å². The first-order valence-electron chi connectivity index (χ1n) is 6.49. The summed E-state index contributed by atoms with van der Waals surface area (Å²) in [5.74, 6) is -0.186. The van der Waals surface area contributed by atoms with E-state index in [-0.39, 0.29) is 11.9 Å². The van der Waals surface area contributed by atoms with Crippen molar-refractivity contribution in [3.05, 3.63) is 70.0 Å². The molecule has 1 N–H and O–H groups in total. The summed E-state index contributed by atoms with van der Waals surface area (Å²) in [6.45, 7) is 0.934. The minimum Gasteiger partial charge on any atom is -0.309 e. The molecule has 1 unspecified atom stereocenters. The molecule has 0 fully saturated rings. The van der Waals surface area contributed by atoms with Crippen LogP contribution in [0.1, 0.15) is 22.7 Å². The van der Waals surface area contributed by atoms with E-state index in [2.05, 4.69) is 23.5 Å². The van der Waals surface area contributed by atoms with E-state index in [4.69, 9.17) is 11.6 Å². The van der Waals surface area contributed by atoms with Gasteiger partial charge in [-0.1, -0.05) is 35.9 Å². The van der Waals surface area contributed by atoms with Crippen LogP contribution in [0.15, 0.2) is 42.5 Å². The summed E-state index contributed by atoms with van der Waals surface area (Å²) >= 11 is 5.95. The highest BCUT2D eigenvalue weighted by atomic mass is 35.5. The summed E-state index contributed by atoms with van der Waals surface area (Å²) in [5, 5.41) is 4.04. The third-order valence-corrected chi connectivity index (χ3v) is 3.88. The Kier molecular flexibility index (Phi) is 3.54. The van der Waals surface area contributed by atoms with Crippen molar-refractivity contribution in [1.29, 1.82) is 0 Å². The minimum absolute atomic E-state index is 0.165. The zero-order chi connectivity index (χ0) is 13.2. The second-order valence-electron chi connectivity index (χ2n) is 4.90. The standard InChI is InChI=1S/C16H15ClFN/c17-13-5-6-15(18)12(9-13)10-16-14-4-2-1-3-11(14)7-8-19-16/h1-6,9,16,19H,7-8,10H2. The molecule has 98 valence electrons. The molecule has 2 aromatic rings. The quantitative estimate of drug-likeness (QED) is 0.876. The Morgan fingerprint density at radius 3 is 2.95 bits per heavy atom. The smallest absolute Gasteiger partial charge is 0.126 e. The average molecular weight is 276 g/mol. The molecule has 0 bridgehead atoms. The van der Waals surface area contributed by atoms with Crippen molar-refractivity contribution in [2.75, 3.05) is 6.54 Å². The maximum atomic E-state index is 13.8. The van der Waals surface area contributed by atoms with Gasteiger partial charge in [0, 0.05) is 11.1 Å². The molecule has 1 nitrogen and oxygen atoms in total. The van der Waals surface area contributed by atoms with Gasteiger partial charge >= 0.3 is 0 Å². The molecule has 0 radical (unpaired) electrons.